The van der Waals surface area contributed by atoms with Crippen LogP contribution >= 0.6 is 11.3 Å². The first kappa shape index (κ1) is 12.1. The van der Waals surface area contributed by atoms with E-state index in [1.165, 1.54) is 17.7 Å². The van der Waals surface area contributed by atoms with Crippen molar-refractivity contribution in [3.05, 3.63) is 52.0 Å². The van der Waals surface area contributed by atoms with Crippen LogP contribution in [0.2, 0.25) is 0 Å². The van der Waals surface area contributed by atoms with Crippen molar-refractivity contribution in [1.82, 2.24) is 4.90 Å². The Morgan fingerprint density at radius 3 is 2.76 bits per heavy atom. The van der Waals surface area contributed by atoms with Crippen LogP contribution in [0.1, 0.15) is 11.1 Å². The summed E-state index contributed by atoms with van der Waals surface area (Å²) in [6.45, 7) is 1.60. The van der Waals surface area contributed by atoms with Gasteiger partial charge >= 0.3 is 0 Å². The van der Waals surface area contributed by atoms with Crippen molar-refractivity contribution in [2.45, 2.75) is 13.1 Å². The third-order valence-corrected chi connectivity index (χ3v) is 3.31. The van der Waals surface area contributed by atoms with Gasteiger partial charge in [-0.2, -0.15) is 11.3 Å². The van der Waals surface area contributed by atoms with Crippen LogP contribution < -0.4 is 5.73 Å². The summed E-state index contributed by atoms with van der Waals surface area (Å²) in [5, 5.41) is 4.19. The molecule has 0 bridgehead atoms. The monoisotopic (exact) mass is 250 g/mol. The number of thiophene rings is 1. The molecule has 0 saturated carbocycles. The predicted molar refractivity (Wildman–Crippen MR) is 70.3 cm³/mol. The van der Waals surface area contributed by atoms with Gasteiger partial charge in [0.1, 0.15) is 5.82 Å². The second-order valence-corrected chi connectivity index (χ2v) is 4.93. The van der Waals surface area contributed by atoms with E-state index >= 15 is 0 Å². The second-order valence-electron chi connectivity index (χ2n) is 4.15. The number of nitrogens with zero attached hydrogens (tertiary/aromatic N) is 1. The lowest BCUT2D eigenvalue weighted by Gasteiger charge is -2.17. The summed E-state index contributed by atoms with van der Waals surface area (Å²) in [4.78, 5) is 2.16. The van der Waals surface area contributed by atoms with Gasteiger partial charge < -0.3 is 5.73 Å². The zero-order valence-electron chi connectivity index (χ0n) is 9.69. The van der Waals surface area contributed by atoms with Crippen LogP contribution in [0.5, 0.6) is 0 Å². The summed E-state index contributed by atoms with van der Waals surface area (Å²) >= 11 is 1.69. The SMILES string of the molecule is CN(Cc1ccsc1)Cc1ccc(F)cc1N. The zero-order valence-corrected chi connectivity index (χ0v) is 10.5. The quantitative estimate of drug-likeness (QED) is 0.845. The highest BCUT2D eigenvalue weighted by atomic mass is 32.1. The van der Waals surface area contributed by atoms with E-state index < -0.39 is 0 Å². The van der Waals surface area contributed by atoms with Crippen LogP contribution in [0.3, 0.4) is 0 Å². The zero-order chi connectivity index (χ0) is 12.3. The van der Waals surface area contributed by atoms with Crippen LogP contribution in [0.25, 0.3) is 0 Å². The van der Waals surface area contributed by atoms with E-state index in [-0.39, 0.29) is 5.82 Å². The molecule has 90 valence electrons. The van der Waals surface area contributed by atoms with Crippen molar-refractivity contribution in [3.63, 3.8) is 0 Å². The molecular weight excluding hydrogens is 235 g/mol. The molecule has 0 radical (unpaired) electrons. The average Bonchev–Trinajstić information content (AvgIpc) is 2.75. The second kappa shape index (κ2) is 5.29. The van der Waals surface area contributed by atoms with Crippen LogP contribution in [0.4, 0.5) is 10.1 Å². The van der Waals surface area contributed by atoms with Crippen molar-refractivity contribution in [1.29, 1.82) is 0 Å². The Hall–Kier alpha value is -1.39. The third kappa shape index (κ3) is 3.28. The van der Waals surface area contributed by atoms with Crippen LogP contribution in [-0.2, 0) is 13.1 Å². The first-order valence-electron chi connectivity index (χ1n) is 5.38. The molecule has 1 heterocycles. The van der Waals surface area contributed by atoms with Gasteiger partial charge in [0.25, 0.3) is 0 Å². The summed E-state index contributed by atoms with van der Waals surface area (Å²) in [6, 6.07) is 6.67. The molecule has 0 aliphatic heterocycles. The van der Waals surface area contributed by atoms with Crippen molar-refractivity contribution >= 4 is 17.0 Å². The van der Waals surface area contributed by atoms with E-state index in [0.29, 0.717) is 5.69 Å². The largest absolute Gasteiger partial charge is 0.398 e. The lowest BCUT2D eigenvalue weighted by Crippen LogP contribution is -2.17. The highest BCUT2D eigenvalue weighted by Crippen LogP contribution is 2.16. The summed E-state index contributed by atoms with van der Waals surface area (Å²) in [5.41, 5.74) is 8.55. The van der Waals surface area contributed by atoms with Gasteiger partial charge in [-0.25, -0.2) is 4.39 Å². The molecule has 1 aromatic heterocycles. The number of rotatable bonds is 4. The molecule has 0 fully saturated rings. The molecule has 2 rings (SSSR count). The van der Waals surface area contributed by atoms with Crippen LogP contribution in [0, 0.1) is 5.82 Å². The Morgan fingerprint density at radius 2 is 2.12 bits per heavy atom. The fourth-order valence-electron chi connectivity index (χ4n) is 1.75. The normalized spacial score (nSPS) is 11.0. The molecule has 2 N–H and O–H groups in total. The lowest BCUT2D eigenvalue weighted by atomic mass is 10.1. The Labute approximate surface area is 104 Å². The van der Waals surface area contributed by atoms with E-state index in [2.05, 4.69) is 21.7 Å². The molecule has 17 heavy (non-hydrogen) atoms. The standard InChI is InChI=1S/C13H15FN2S/c1-16(7-10-4-5-17-9-10)8-11-2-3-12(14)6-13(11)15/h2-6,9H,7-8,15H2,1H3. The molecule has 4 heteroatoms. The van der Waals surface area contributed by atoms with E-state index in [1.54, 1.807) is 17.4 Å². The molecule has 0 saturated heterocycles. The summed E-state index contributed by atoms with van der Waals surface area (Å²) in [7, 11) is 2.03. The van der Waals surface area contributed by atoms with Gasteiger partial charge in [0.2, 0.25) is 0 Å². The molecule has 0 atom stereocenters. The molecule has 0 unspecified atom stereocenters. The Bertz CT molecular complexity index is 482. The van der Waals surface area contributed by atoms with Gasteiger partial charge in [0.05, 0.1) is 0 Å². The number of nitrogens with two attached hydrogens (primary N) is 1. The lowest BCUT2D eigenvalue weighted by molar-refractivity contribution is 0.320. The van der Waals surface area contributed by atoms with Gasteiger partial charge in [0.15, 0.2) is 0 Å². The first-order valence-corrected chi connectivity index (χ1v) is 6.33. The van der Waals surface area contributed by atoms with Gasteiger partial charge in [-0.1, -0.05) is 6.07 Å². The number of benzene rings is 1. The van der Waals surface area contributed by atoms with E-state index in [1.807, 2.05) is 7.05 Å². The predicted octanol–water partition coefficient (Wildman–Crippen LogP) is 3.10. The summed E-state index contributed by atoms with van der Waals surface area (Å²) < 4.78 is 12.9. The molecule has 2 aromatic rings. The number of nitrogen functional groups attached to an aromatic ring is 1. The third-order valence-electron chi connectivity index (χ3n) is 2.58. The van der Waals surface area contributed by atoms with Gasteiger partial charge in [-0.3, -0.25) is 4.90 Å². The summed E-state index contributed by atoms with van der Waals surface area (Å²) in [5.74, 6) is -0.285. The Balaban J connectivity index is 2.00. The van der Waals surface area contributed by atoms with Crippen molar-refractivity contribution in [2.75, 3.05) is 12.8 Å². The molecule has 0 aliphatic carbocycles. The fourth-order valence-corrected chi connectivity index (χ4v) is 2.41. The maximum atomic E-state index is 12.9. The van der Waals surface area contributed by atoms with Crippen LogP contribution in [-0.4, -0.2) is 11.9 Å². The molecular formula is C13H15FN2S. The topological polar surface area (TPSA) is 29.3 Å². The van der Waals surface area contributed by atoms with Crippen molar-refractivity contribution < 1.29 is 4.39 Å². The maximum Gasteiger partial charge on any atom is 0.125 e. The number of hydrogen-bond donors (Lipinski definition) is 1. The number of hydrogen-bond acceptors (Lipinski definition) is 3. The first-order chi connectivity index (χ1) is 8.15. The van der Waals surface area contributed by atoms with Gasteiger partial charge in [-0.15, -0.1) is 0 Å². The van der Waals surface area contributed by atoms with Crippen molar-refractivity contribution in [2.24, 2.45) is 0 Å². The Kier molecular flexibility index (Phi) is 3.76. The highest BCUT2D eigenvalue weighted by molar-refractivity contribution is 7.07. The van der Waals surface area contributed by atoms with Crippen molar-refractivity contribution in [3.8, 4) is 0 Å². The summed E-state index contributed by atoms with van der Waals surface area (Å²) in [6.07, 6.45) is 0. The maximum absolute atomic E-state index is 12.9. The minimum atomic E-state index is -0.285. The average molecular weight is 250 g/mol. The van der Waals surface area contributed by atoms with Crippen LogP contribution in [0.15, 0.2) is 35.0 Å². The molecule has 1 aromatic carbocycles. The van der Waals surface area contributed by atoms with E-state index in [4.69, 9.17) is 5.73 Å². The minimum Gasteiger partial charge on any atom is -0.398 e. The Morgan fingerprint density at radius 1 is 1.29 bits per heavy atom. The van der Waals surface area contributed by atoms with Gasteiger partial charge in [-0.05, 0) is 47.1 Å². The smallest absolute Gasteiger partial charge is 0.125 e. The minimum absolute atomic E-state index is 0.285. The number of anilines is 1. The molecule has 0 aliphatic rings. The van der Waals surface area contributed by atoms with E-state index in [0.717, 1.165) is 18.7 Å². The highest BCUT2D eigenvalue weighted by Gasteiger charge is 2.05. The van der Waals surface area contributed by atoms with E-state index in [9.17, 15) is 4.39 Å². The number of halogens is 1. The molecule has 0 spiro atoms. The molecule has 0 amide bonds. The molecule has 2 nitrogen and oxygen atoms in total. The van der Waals surface area contributed by atoms with Gasteiger partial charge in [0, 0.05) is 18.8 Å². The fraction of sp³-hybridized carbons (Fsp3) is 0.231.